The molecule has 0 saturated heterocycles. The normalized spacial score (nSPS) is 19.2. The zero-order valence-corrected chi connectivity index (χ0v) is 17.5. The zero-order valence-electron chi connectivity index (χ0n) is 11.1. The summed E-state index contributed by atoms with van der Waals surface area (Å²) in [4.78, 5) is 12.2. The van der Waals surface area contributed by atoms with Crippen LogP contribution in [0.2, 0.25) is 0 Å². The minimum atomic E-state index is -1.95. The third-order valence-corrected chi connectivity index (χ3v) is 8.40. The van der Waals surface area contributed by atoms with Crippen molar-refractivity contribution in [1.29, 1.82) is 0 Å². The number of carbonyl (C=O) groups excluding carboxylic acids is 1. The van der Waals surface area contributed by atoms with Crippen molar-refractivity contribution in [2.45, 2.75) is 21.0 Å². The first-order chi connectivity index (χ1) is 10.0. The van der Waals surface area contributed by atoms with E-state index in [9.17, 15) is 15.0 Å². The standard InChI is InChI=1S/C7H7S.C6H8O6.Hg/c1-6-4-2-3-5-7(6)8;7-1-2(8)5-3(9)4(10)6(11)12-5;/h2-5,8H,1H2;2,5,7-10H,1H2;/q;;+1/p-1/t;2-,5+;/m.0./s1. The number of hydrogen-bond donors (Lipinski definition) is 4. The molecule has 0 bridgehead atoms. The second-order valence-corrected chi connectivity index (χ2v) is 9.65. The molecule has 0 radical (unpaired) electrons. The summed E-state index contributed by atoms with van der Waals surface area (Å²) in [6.45, 7) is -0.589. The van der Waals surface area contributed by atoms with Gasteiger partial charge >= 0.3 is 140 Å². The predicted octanol–water partition coefficient (Wildman–Crippen LogP) is 0.538. The van der Waals surface area contributed by atoms with E-state index in [1.807, 2.05) is 24.3 Å². The number of aliphatic hydroxyl groups excluding tert-OH is 3. The number of thiol groups is 1. The number of esters is 1. The molecule has 0 aromatic heterocycles. The van der Waals surface area contributed by atoms with E-state index in [0.29, 0.717) is 0 Å². The van der Waals surface area contributed by atoms with Crippen molar-refractivity contribution in [2.24, 2.45) is 0 Å². The van der Waals surface area contributed by atoms with E-state index >= 15 is 0 Å². The number of hydrogen-bond acceptors (Lipinski definition) is 7. The molecule has 2 rings (SSSR count). The van der Waals surface area contributed by atoms with Gasteiger partial charge in [-0.3, -0.25) is 0 Å². The van der Waals surface area contributed by atoms with Crippen LogP contribution in [-0.2, 0) is 41.1 Å². The summed E-state index contributed by atoms with van der Waals surface area (Å²) in [7, 11) is 0. The Balaban J connectivity index is 2.00. The van der Waals surface area contributed by atoms with Crippen LogP contribution in [0, 0.1) is 0 Å². The molecule has 0 unspecified atom stereocenters. The van der Waals surface area contributed by atoms with Gasteiger partial charge in [0.2, 0.25) is 0 Å². The van der Waals surface area contributed by atoms with Gasteiger partial charge < -0.3 is 0 Å². The number of aliphatic hydroxyl groups is 3. The van der Waals surface area contributed by atoms with E-state index in [1.54, 1.807) is 0 Å². The molecule has 0 amide bonds. The average molecular weight is 499 g/mol. The molecule has 1 heterocycles. The molecule has 110 valence electrons. The van der Waals surface area contributed by atoms with Gasteiger partial charge in [0, 0.05) is 0 Å². The van der Waals surface area contributed by atoms with Crippen molar-refractivity contribution in [3.63, 3.8) is 0 Å². The third kappa shape index (κ3) is 3.91. The van der Waals surface area contributed by atoms with Crippen molar-refractivity contribution in [1.82, 2.24) is 0 Å². The second-order valence-electron chi connectivity index (χ2n) is 4.52. The molecule has 0 aliphatic carbocycles. The van der Waals surface area contributed by atoms with Gasteiger partial charge in [-0.05, 0) is 0 Å². The molecular weight excluding hydrogens is 485 g/mol. The van der Waals surface area contributed by atoms with Gasteiger partial charge in [-0.2, -0.15) is 0 Å². The topological polar surface area (TPSA) is 96.2 Å². The van der Waals surface area contributed by atoms with Gasteiger partial charge in [0.25, 0.3) is 0 Å². The summed E-state index contributed by atoms with van der Waals surface area (Å²) in [6.07, 6.45) is -2.44. The maximum absolute atomic E-state index is 11.3. The fourth-order valence-corrected chi connectivity index (χ4v) is 8.01. The molecule has 3 N–H and O–H groups in total. The van der Waals surface area contributed by atoms with Gasteiger partial charge in [0.1, 0.15) is 0 Å². The number of benzene rings is 1. The number of cyclic esters (lactones) is 1. The van der Waals surface area contributed by atoms with Crippen molar-refractivity contribution in [3.8, 4) is 0 Å². The van der Waals surface area contributed by atoms with Gasteiger partial charge in [0.15, 0.2) is 0 Å². The van der Waals surface area contributed by atoms with Crippen molar-refractivity contribution < 1.29 is 52.5 Å². The molecule has 1 aliphatic rings. The van der Waals surface area contributed by atoms with E-state index in [0.717, 1.165) is 14.4 Å². The molecule has 6 nitrogen and oxygen atoms in total. The molecule has 0 fully saturated rings. The molecule has 1 aromatic carbocycles. The molecular formula is C13H14HgO6S. The van der Waals surface area contributed by atoms with E-state index in [2.05, 4.69) is 12.6 Å². The van der Waals surface area contributed by atoms with Crippen LogP contribution < -0.4 is 0 Å². The molecule has 8 heteroatoms. The Labute approximate surface area is 139 Å². The Morgan fingerprint density at radius 2 is 2.14 bits per heavy atom. The van der Waals surface area contributed by atoms with Crippen LogP contribution in [0.15, 0.2) is 40.7 Å². The molecule has 21 heavy (non-hydrogen) atoms. The fraction of sp³-hybridized carbons (Fsp3) is 0.308. The van der Waals surface area contributed by atoms with Gasteiger partial charge in [0.05, 0.1) is 0 Å². The minimum absolute atomic E-state index is 0.0557. The van der Waals surface area contributed by atoms with Crippen LogP contribution in [0.3, 0.4) is 0 Å². The van der Waals surface area contributed by atoms with Crippen LogP contribution in [0.5, 0.6) is 0 Å². The van der Waals surface area contributed by atoms with E-state index in [4.69, 9.17) is 12.5 Å². The SMILES string of the molecule is O=C1O[C@H]([C@@H](O)CO)C([O][Hg][CH2]c2ccccc2S)=C1O. The Morgan fingerprint density at radius 1 is 1.43 bits per heavy atom. The average Bonchev–Trinajstić information content (AvgIpc) is 2.76. The summed E-state index contributed by atoms with van der Waals surface area (Å²) >= 11 is 2.39. The Hall–Kier alpha value is -0.765. The van der Waals surface area contributed by atoms with Gasteiger partial charge in [-0.15, -0.1) is 0 Å². The molecule has 1 aliphatic heterocycles. The quantitative estimate of drug-likeness (QED) is 0.260. The Kier molecular flexibility index (Phi) is 5.92. The molecule has 2 atom stereocenters. The monoisotopic (exact) mass is 500 g/mol. The summed E-state index contributed by atoms with van der Waals surface area (Å²) in [5.41, 5.74) is 1.05. The van der Waals surface area contributed by atoms with E-state index in [-0.39, 0.29) is 5.76 Å². The number of rotatable bonds is 6. The van der Waals surface area contributed by atoms with Crippen LogP contribution in [0.4, 0.5) is 0 Å². The van der Waals surface area contributed by atoms with Crippen LogP contribution >= 0.6 is 12.6 Å². The van der Waals surface area contributed by atoms with Crippen LogP contribution in [0.25, 0.3) is 0 Å². The summed E-state index contributed by atoms with van der Waals surface area (Å²) in [6, 6.07) is 7.61. The number of carbonyl (C=O) groups is 1. The van der Waals surface area contributed by atoms with Crippen LogP contribution in [0.1, 0.15) is 5.56 Å². The Morgan fingerprint density at radius 3 is 2.81 bits per heavy atom. The fourth-order valence-electron chi connectivity index (χ4n) is 1.95. The maximum atomic E-state index is 11.3. The third-order valence-electron chi connectivity index (χ3n) is 3.08. The Bertz CT molecular complexity index is 561. The van der Waals surface area contributed by atoms with Gasteiger partial charge in [-0.25, -0.2) is 0 Å². The van der Waals surface area contributed by atoms with Gasteiger partial charge in [-0.1, -0.05) is 0 Å². The summed E-state index contributed by atoms with van der Waals surface area (Å²) < 4.78 is 11.1. The van der Waals surface area contributed by atoms with E-state index in [1.165, 1.54) is 0 Å². The summed E-state index contributed by atoms with van der Waals surface area (Å²) in [5.74, 6) is -1.61. The molecule has 1 aromatic rings. The first-order valence-corrected chi connectivity index (χ1v) is 12.9. The number of ether oxygens (including phenoxy) is 1. The van der Waals surface area contributed by atoms with Crippen molar-refractivity contribution in [3.05, 3.63) is 41.3 Å². The van der Waals surface area contributed by atoms with Crippen molar-refractivity contribution in [2.75, 3.05) is 6.61 Å². The molecule has 0 spiro atoms. The van der Waals surface area contributed by atoms with Crippen molar-refractivity contribution >= 4 is 18.6 Å². The summed E-state index contributed by atoms with van der Waals surface area (Å²) in [5, 5.41) is 28.1. The zero-order chi connectivity index (χ0) is 15.4. The second kappa shape index (κ2) is 7.48. The predicted molar refractivity (Wildman–Crippen MR) is 71.1 cm³/mol. The first kappa shape index (κ1) is 16.6. The molecule has 0 saturated carbocycles. The van der Waals surface area contributed by atoms with Crippen LogP contribution in [-0.4, -0.2) is 40.1 Å². The van der Waals surface area contributed by atoms with E-state index < -0.39 is 55.6 Å². The first-order valence-electron chi connectivity index (χ1n) is 6.37.